The highest BCUT2D eigenvalue weighted by Gasteiger charge is 2.39. The molecule has 10 heteroatoms. The van der Waals surface area contributed by atoms with Gasteiger partial charge in [-0.1, -0.05) is 29.0 Å². The Morgan fingerprint density at radius 2 is 1.87 bits per heavy atom. The minimum atomic E-state index is -3.76. The summed E-state index contributed by atoms with van der Waals surface area (Å²) in [6.45, 7) is 3.19. The Hall–Kier alpha value is -2.69. The summed E-state index contributed by atoms with van der Waals surface area (Å²) in [5.41, 5.74) is 1.67. The predicted octanol–water partition coefficient (Wildman–Crippen LogP) is 3.17. The molecule has 2 aliphatic rings. The number of nitrogens with one attached hydrogen (secondary N) is 1. The van der Waals surface area contributed by atoms with Gasteiger partial charge in [0.1, 0.15) is 19.3 Å². The molecule has 1 amide bonds. The standard InChI is InChI=1S/C21H21N3O5S2/c1-13-4-6-14(7-5-13)31(26,27)24-8-2-3-16(24)20(25)23-21-22-15-11-17-18(12-19(15)30-21)29-10-9-28-17/h4-7,11-12,16H,2-3,8-10H2,1H3,(H,22,23,25). The number of thiazole rings is 1. The van der Waals surface area contributed by atoms with Crippen molar-refractivity contribution in [2.75, 3.05) is 25.1 Å². The molecule has 1 saturated heterocycles. The highest BCUT2D eigenvalue weighted by atomic mass is 32.2. The van der Waals surface area contributed by atoms with Gasteiger partial charge in [0, 0.05) is 18.7 Å². The van der Waals surface area contributed by atoms with E-state index >= 15 is 0 Å². The van der Waals surface area contributed by atoms with E-state index in [9.17, 15) is 13.2 Å². The number of sulfonamides is 1. The summed E-state index contributed by atoms with van der Waals surface area (Å²) in [4.78, 5) is 17.7. The number of benzene rings is 2. The van der Waals surface area contributed by atoms with Crippen molar-refractivity contribution in [1.29, 1.82) is 0 Å². The van der Waals surface area contributed by atoms with Gasteiger partial charge in [0.25, 0.3) is 0 Å². The maximum absolute atomic E-state index is 13.1. The molecule has 3 heterocycles. The van der Waals surface area contributed by atoms with Crippen LogP contribution in [-0.2, 0) is 14.8 Å². The first-order valence-corrected chi connectivity index (χ1v) is 12.3. The number of hydrogen-bond donors (Lipinski definition) is 1. The number of amides is 1. The van der Waals surface area contributed by atoms with Crippen LogP contribution in [0.15, 0.2) is 41.3 Å². The van der Waals surface area contributed by atoms with Crippen LogP contribution < -0.4 is 14.8 Å². The van der Waals surface area contributed by atoms with E-state index < -0.39 is 16.1 Å². The van der Waals surface area contributed by atoms with Crippen molar-refractivity contribution < 1.29 is 22.7 Å². The molecule has 162 valence electrons. The Kier molecular flexibility index (Phi) is 5.07. The first-order valence-electron chi connectivity index (χ1n) is 10.0. The number of anilines is 1. The van der Waals surface area contributed by atoms with Gasteiger partial charge in [-0.05, 0) is 31.9 Å². The monoisotopic (exact) mass is 459 g/mol. The smallest absolute Gasteiger partial charge is 0.244 e. The fourth-order valence-corrected chi connectivity index (χ4v) is 6.38. The number of carbonyl (C=O) groups is 1. The topological polar surface area (TPSA) is 97.8 Å². The lowest BCUT2D eigenvalue weighted by Crippen LogP contribution is -2.43. The highest BCUT2D eigenvalue weighted by Crippen LogP contribution is 2.38. The van der Waals surface area contributed by atoms with Crippen LogP contribution in [0.2, 0.25) is 0 Å². The lowest BCUT2D eigenvalue weighted by Gasteiger charge is -2.23. The second kappa shape index (κ2) is 7.77. The molecule has 5 rings (SSSR count). The van der Waals surface area contributed by atoms with E-state index in [1.54, 1.807) is 30.3 Å². The predicted molar refractivity (Wildman–Crippen MR) is 117 cm³/mol. The second-order valence-electron chi connectivity index (χ2n) is 7.56. The van der Waals surface area contributed by atoms with E-state index in [0.717, 1.165) is 10.3 Å². The van der Waals surface area contributed by atoms with Crippen molar-refractivity contribution >= 4 is 42.6 Å². The average Bonchev–Trinajstić information content (AvgIpc) is 3.39. The summed E-state index contributed by atoms with van der Waals surface area (Å²) in [5.74, 6) is 0.920. The lowest BCUT2D eigenvalue weighted by atomic mass is 10.2. The first-order chi connectivity index (χ1) is 14.9. The number of aromatic nitrogens is 1. The van der Waals surface area contributed by atoms with Gasteiger partial charge in [0.05, 0.1) is 15.1 Å². The van der Waals surface area contributed by atoms with Gasteiger partial charge in [-0.25, -0.2) is 13.4 Å². The SMILES string of the molecule is Cc1ccc(S(=O)(=O)N2CCCC2C(=O)Nc2nc3cc4c(cc3s2)OCCO4)cc1. The van der Waals surface area contributed by atoms with Gasteiger partial charge in [-0.15, -0.1) is 0 Å². The number of hydrogen-bond acceptors (Lipinski definition) is 7. The maximum atomic E-state index is 13.1. The Labute approximate surface area is 183 Å². The van der Waals surface area contributed by atoms with E-state index in [1.807, 2.05) is 13.0 Å². The molecule has 0 saturated carbocycles. The minimum Gasteiger partial charge on any atom is -0.486 e. The molecule has 1 unspecified atom stereocenters. The van der Waals surface area contributed by atoms with Crippen molar-refractivity contribution in [2.45, 2.75) is 30.7 Å². The number of ether oxygens (including phenoxy) is 2. The molecule has 1 fully saturated rings. The third-order valence-electron chi connectivity index (χ3n) is 5.42. The lowest BCUT2D eigenvalue weighted by molar-refractivity contribution is -0.119. The molecule has 3 aromatic rings. The number of fused-ring (bicyclic) bond motifs is 2. The van der Waals surface area contributed by atoms with Gasteiger partial charge >= 0.3 is 0 Å². The first kappa shape index (κ1) is 20.2. The quantitative estimate of drug-likeness (QED) is 0.644. The summed E-state index contributed by atoms with van der Waals surface area (Å²) in [6, 6.07) is 9.55. The van der Waals surface area contributed by atoms with Gasteiger partial charge in [0.15, 0.2) is 16.6 Å². The summed E-state index contributed by atoms with van der Waals surface area (Å²) in [7, 11) is -3.76. The molecule has 2 aliphatic heterocycles. The zero-order valence-corrected chi connectivity index (χ0v) is 18.5. The molecular formula is C21H21N3O5S2. The summed E-state index contributed by atoms with van der Waals surface area (Å²) >= 11 is 1.32. The van der Waals surface area contributed by atoms with Crippen LogP contribution in [0.4, 0.5) is 5.13 Å². The van der Waals surface area contributed by atoms with Crippen LogP contribution in [0.3, 0.4) is 0 Å². The van der Waals surface area contributed by atoms with Crippen molar-refractivity contribution in [3.63, 3.8) is 0 Å². The molecule has 1 atom stereocenters. The zero-order valence-electron chi connectivity index (χ0n) is 16.8. The van der Waals surface area contributed by atoms with Crippen molar-refractivity contribution in [1.82, 2.24) is 9.29 Å². The van der Waals surface area contributed by atoms with Crippen LogP contribution in [0.5, 0.6) is 11.5 Å². The Morgan fingerprint density at radius 3 is 2.61 bits per heavy atom. The fraction of sp³-hybridized carbons (Fsp3) is 0.333. The van der Waals surface area contributed by atoms with Crippen molar-refractivity contribution in [3.8, 4) is 11.5 Å². The third-order valence-corrected chi connectivity index (χ3v) is 8.27. The number of nitrogens with zero attached hydrogens (tertiary/aromatic N) is 2. The van der Waals surface area contributed by atoms with E-state index in [1.165, 1.54) is 15.6 Å². The zero-order chi connectivity index (χ0) is 21.6. The fourth-order valence-electron chi connectivity index (χ4n) is 3.84. The van der Waals surface area contributed by atoms with E-state index in [2.05, 4.69) is 10.3 Å². The number of carbonyl (C=O) groups excluding carboxylic acids is 1. The molecule has 31 heavy (non-hydrogen) atoms. The van der Waals surface area contributed by atoms with E-state index in [0.29, 0.717) is 54.7 Å². The minimum absolute atomic E-state index is 0.198. The molecule has 0 spiro atoms. The number of rotatable bonds is 4. The molecule has 8 nitrogen and oxygen atoms in total. The number of aryl methyl sites for hydroxylation is 1. The molecule has 0 bridgehead atoms. The van der Waals surface area contributed by atoms with Gasteiger partial charge < -0.3 is 14.8 Å². The van der Waals surface area contributed by atoms with Crippen molar-refractivity contribution in [2.24, 2.45) is 0 Å². The van der Waals surface area contributed by atoms with Crippen LogP contribution >= 0.6 is 11.3 Å². The van der Waals surface area contributed by atoms with Gasteiger partial charge in [-0.2, -0.15) is 4.31 Å². The Bertz CT molecular complexity index is 1210. The molecular weight excluding hydrogens is 438 g/mol. The molecule has 0 radical (unpaired) electrons. The van der Waals surface area contributed by atoms with Crippen LogP contribution in [-0.4, -0.2) is 49.4 Å². The summed E-state index contributed by atoms with van der Waals surface area (Å²) in [6.07, 6.45) is 1.10. The van der Waals surface area contributed by atoms with Gasteiger partial charge in [-0.3, -0.25) is 4.79 Å². The van der Waals surface area contributed by atoms with Crippen LogP contribution in [0, 0.1) is 6.92 Å². The van der Waals surface area contributed by atoms with E-state index in [4.69, 9.17) is 9.47 Å². The Morgan fingerprint density at radius 1 is 1.16 bits per heavy atom. The largest absolute Gasteiger partial charge is 0.486 e. The summed E-state index contributed by atoms with van der Waals surface area (Å²) < 4.78 is 39.5. The van der Waals surface area contributed by atoms with Crippen LogP contribution in [0.1, 0.15) is 18.4 Å². The van der Waals surface area contributed by atoms with E-state index in [-0.39, 0.29) is 10.8 Å². The average molecular weight is 460 g/mol. The van der Waals surface area contributed by atoms with Crippen LogP contribution in [0.25, 0.3) is 10.2 Å². The molecule has 1 aromatic heterocycles. The molecule has 1 N–H and O–H groups in total. The third kappa shape index (κ3) is 3.75. The normalized spacial score (nSPS) is 18.9. The van der Waals surface area contributed by atoms with Crippen molar-refractivity contribution in [3.05, 3.63) is 42.0 Å². The van der Waals surface area contributed by atoms with Gasteiger partial charge in [0.2, 0.25) is 15.9 Å². The molecule has 0 aliphatic carbocycles. The maximum Gasteiger partial charge on any atom is 0.244 e. The highest BCUT2D eigenvalue weighted by molar-refractivity contribution is 7.89. The summed E-state index contributed by atoms with van der Waals surface area (Å²) in [5, 5.41) is 3.23. The Balaban J connectivity index is 1.37. The second-order valence-corrected chi connectivity index (χ2v) is 10.5. The molecule has 2 aromatic carbocycles.